The van der Waals surface area contributed by atoms with E-state index in [4.69, 9.17) is 4.74 Å². The van der Waals surface area contributed by atoms with E-state index in [-0.39, 0.29) is 23.7 Å². The number of ether oxygens (including phenoxy) is 1. The molecule has 3 saturated heterocycles. The minimum absolute atomic E-state index is 0.179. The summed E-state index contributed by atoms with van der Waals surface area (Å²) < 4.78 is 19.3. The van der Waals surface area contributed by atoms with Crippen LogP contribution >= 0.6 is 0 Å². The minimum Gasteiger partial charge on any atom is -0.381 e. The predicted octanol–water partition coefficient (Wildman–Crippen LogP) is 2.77. The van der Waals surface area contributed by atoms with E-state index in [1.807, 2.05) is 4.90 Å². The lowest BCUT2D eigenvalue weighted by atomic mass is 9.77. The monoisotopic (exact) mass is 374 g/mol. The number of nitrogens with zero attached hydrogens (tertiary/aromatic N) is 2. The smallest absolute Gasteiger partial charge is 0.253 e. The van der Waals surface area contributed by atoms with Gasteiger partial charge in [0.05, 0.1) is 5.41 Å². The molecule has 2 amide bonds. The number of benzene rings is 1. The van der Waals surface area contributed by atoms with Crippen LogP contribution in [0.3, 0.4) is 0 Å². The molecule has 4 rings (SSSR count). The highest BCUT2D eigenvalue weighted by Crippen LogP contribution is 2.41. The molecule has 1 aromatic carbocycles. The number of hydrogen-bond acceptors (Lipinski definition) is 3. The summed E-state index contributed by atoms with van der Waals surface area (Å²) in [6, 6.07) is 4.87. The Labute approximate surface area is 159 Å². The summed E-state index contributed by atoms with van der Waals surface area (Å²) in [6.07, 6.45) is 4.30. The van der Waals surface area contributed by atoms with Gasteiger partial charge in [-0.25, -0.2) is 4.39 Å². The molecule has 6 heteroatoms. The van der Waals surface area contributed by atoms with Crippen LogP contribution in [0.2, 0.25) is 0 Å². The maximum absolute atomic E-state index is 13.9. The van der Waals surface area contributed by atoms with Gasteiger partial charge in [0.2, 0.25) is 5.91 Å². The molecule has 1 spiro atoms. The highest BCUT2D eigenvalue weighted by Gasteiger charge is 2.50. The Morgan fingerprint density at radius 2 is 2.00 bits per heavy atom. The van der Waals surface area contributed by atoms with E-state index in [1.54, 1.807) is 24.0 Å². The summed E-state index contributed by atoms with van der Waals surface area (Å²) in [5, 5.41) is 0. The van der Waals surface area contributed by atoms with E-state index >= 15 is 0 Å². The maximum Gasteiger partial charge on any atom is 0.253 e. The van der Waals surface area contributed by atoms with Crippen molar-refractivity contribution in [2.24, 2.45) is 5.41 Å². The van der Waals surface area contributed by atoms with Crippen LogP contribution < -0.4 is 0 Å². The molecule has 0 N–H and O–H groups in total. The molecule has 0 radical (unpaired) electrons. The van der Waals surface area contributed by atoms with E-state index in [1.165, 1.54) is 6.07 Å². The number of halogens is 1. The quantitative estimate of drug-likeness (QED) is 0.800. The molecule has 1 aromatic rings. The molecule has 0 aromatic heterocycles. The molecule has 3 fully saturated rings. The molecule has 0 aliphatic carbocycles. The fourth-order valence-electron chi connectivity index (χ4n) is 4.78. The number of carbonyl (C=O) groups excluding carboxylic acids is 2. The normalized spacial score (nSPS) is 26.8. The molecule has 146 valence electrons. The lowest BCUT2D eigenvalue weighted by Crippen LogP contribution is -2.55. The molecule has 3 aliphatic heterocycles. The first-order valence-corrected chi connectivity index (χ1v) is 9.94. The largest absolute Gasteiger partial charge is 0.381 e. The van der Waals surface area contributed by atoms with Crippen molar-refractivity contribution in [1.82, 2.24) is 9.80 Å². The van der Waals surface area contributed by atoms with Gasteiger partial charge in [-0.2, -0.15) is 0 Å². The Hall–Kier alpha value is -1.95. The van der Waals surface area contributed by atoms with Gasteiger partial charge in [-0.3, -0.25) is 9.59 Å². The van der Waals surface area contributed by atoms with Crippen LogP contribution in [0.5, 0.6) is 0 Å². The van der Waals surface area contributed by atoms with E-state index < -0.39 is 5.41 Å². The summed E-state index contributed by atoms with van der Waals surface area (Å²) in [6.45, 7) is 4.92. The second-order valence-electron chi connectivity index (χ2n) is 8.17. The molecule has 5 nitrogen and oxygen atoms in total. The first-order chi connectivity index (χ1) is 13.0. The Morgan fingerprint density at radius 3 is 2.74 bits per heavy atom. The predicted molar refractivity (Wildman–Crippen MR) is 98.9 cm³/mol. The first kappa shape index (κ1) is 18.4. The highest BCUT2D eigenvalue weighted by molar-refractivity contribution is 5.95. The number of likely N-dealkylation sites (tertiary alicyclic amines) is 2. The van der Waals surface area contributed by atoms with Crippen molar-refractivity contribution in [3.05, 3.63) is 35.1 Å². The summed E-state index contributed by atoms with van der Waals surface area (Å²) in [5.41, 5.74) is 0.425. The highest BCUT2D eigenvalue weighted by atomic mass is 19.1. The lowest BCUT2D eigenvalue weighted by molar-refractivity contribution is -0.150. The molecular weight excluding hydrogens is 347 g/mol. The zero-order valence-corrected chi connectivity index (χ0v) is 15.9. The van der Waals surface area contributed by atoms with Crippen LogP contribution in [-0.2, 0) is 9.53 Å². The van der Waals surface area contributed by atoms with Gasteiger partial charge >= 0.3 is 0 Å². The number of carbonyl (C=O) groups is 2. The molecule has 0 saturated carbocycles. The second-order valence-corrected chi connectivity index (χ2v) is 8.17. The molecule has 27 heavy (non-hydrogen) atoms. The molecule has 1 atom stereocenters. The van der Waals surface area contributed by atoms with E-state index in [0.29, 0.717) is 43.9 Å². The van der Waals surface area contributed by atoms with Crippen LogP contribution in [-0.4, -0.2) is 60.5 Å². The van der Waals surface area contributed by atoms with Gasteiger partial charge in [0.1, 0.15) is 5.82 Å². The Balaban J connectivity index is 1.49. The number of aryl methyl sites for hydroxylation is 1. The van der Waals surface area contributed by atoms with Crippen LogP contribution in [0, 0.1) is 18.2 Å². The van der Waals surface area contributed by atoms with Gasteiger partial charge < -0.3 is 14.5 Å². The Bertz CT molecular complexity index is 747. The van der Waals surface area contributed by atoms with Crippen LogP contribution in [0.25, 0.3) is 0 Å². The molecule has 3 heterocycles. The first-order valence-electron chi connectivity index (χ1n) is 9.94. The topological polar surface area (TPSA) is 49.9 Å². The number of piperidine rings is 1. The molecular formula is C21H27FN2O3. The van der Waals surface area contributed by atoms with Crippen LogP contribution in [0.1, 0.15) is 48.0 Å². The number of hydrogen-bond donors (Lipinski definition) is 0. The third-order valence-corrected chi connectivity index (χ3v) is 6.46. The maximum atomic E-state index is 13.9. The zero-order chi connectivity index (χ0) is 19.0. The summed E-state index contributed by atoms with van der Waals surface area (Å²) in [4.78, 5) is 30.0. The summed E-state index contributed by atoms with van der Waals surface area (Å²) >= 11 is 0. The second kappa shape index (κ2) is 7.23. The van der Waals surface area contributed by atoms with Crippen molar-refractivity contribution in [1.29, 1.82) is 0 Å². The van der Waals surface area contributed by atoms with E-state index in [2.05, 4.69) is 0 Å². The van der Waals surface area contributed by atoms with Gasteiger partial charge in [-0.1, -0.05) is 6.07 Å². The van der Waals surface area contributed by atoms with Crippen molar-refractivity contribution >= 4 is 11.8 Å². The van der Waals surface area contributed by atoms with Gasteiger partial charge in [-0.15, -0.1) is 0 Å². The minimum atomic E-state index is -0.463. The van der Waals surface area contributed by atoms with Crippen LogP contribution in [0.4, 0.5) is 4.39 Å². The third-order valence-electron chi connectivity index (χ3n) is 6.46. The number of amides is 2. The van der Waals surface area contributed by atoms with E-state index in [9.17, 15) is 14.0 Å². The van der Waals surface area contributed by atoms with Gasteiger partial charge in [0.15, 0.2) is 0 Å². The molecule has 0 unspecified atom stereocenters. The van der Waals surface area contributed by atoms with Gasteiger partial charge in [-0.05, 0) is 56.7 Å². The average molecular weight is 374 g/mol. The molecule has 3 aliphatic rings. The summed E-state index contributed by atoms with van der Waals surface area (Å²) in [5.74, 6) is -0.345. The van der Waals surface area contributed by atoms with Crippen molar-refractivity contribution in [2.45, 2.75) is 45.1 Å². The average Bonchev–Trinajstić information content (AvgIpc) is 3.11. The van der Waals surface area contributed by atoms with Crippen molar-refractivity contribution in [2.75, 3.05) is 32.8 Å². The Kier molecular flexibility index (Phi) is 4.93. The number of rotatable bonds is 2. The summed E-state index contributed by atoms with van der Waals surface area (Å²) in [7, 11) is 0. The fraction of sp³-hybridized carbons (Fsp3) is 0.619. The third kappa shape index (κ3) is 3.35. The fourth-order valence-corrected chi connectivity index (χ4v) is 4.78. The lowest BCUT2D eigenvalue weighted by Gasteiger charge is -2.44. The Morgan fingerprint density at radius 1 is 1.22 bits per heavy atom. The van der Waals surface area contributed by atoms with Crippen molar-refractivity contribution in [3.63, 3.8) is 0 Å². The standard InChI is InChI=1S/C21H27FN2O3/c1-15-3-4-16(13-18(15)22)19(25)23-10-8-21(14-23)7-2-9-24(20(21)26)17-5-11-27-12-6-17/h3-4,13,17H,2,5-12,14H2,1H3/t21-/m0/s1. The van der Waals surface area contributed by atoms with Gasteiger partial charge in [0.25, 0.3) is 5.91 Å². The van der Waals surface area contributed by atoms with E-state index in [0.717, 1.165) is 32.2 Å². The van der Waals surface area contributed by atoms with Crippen molar-refractivity contribution < 1.29 is 18.7 Å². The SMILES string of the molecule is Cc1ccc(C(=O)N2CC[C@@]3(CCCN(C4CCOCC4)C3=O)C2)cc1F. The molecule has 0 bridgehead atoms. The van der Waals surface area contributed by atoms with Gasteiger partial charge in [0, 0.05) is 44.5 Å². The van der Waals surface area contributed by atoms with Crippen molar-refractivity contribution in [3.8, 4) is 0 Å². The van der Waals surface area contributed by atoms with Crippen LogP contribution in [0.15, 0.2) is 18.2 Å². The zero-order valence-electron chi connectivity index (χ0n) is 15.9.